The molecule has 2 fully saturated rings. The molecule has 1 heterocycles. The summed E-state index contributed by atoms with van der Waals surface area (Å²) >= 11 is 0. The average Bonchev–Trinajstić information content (AvgIpc) is 3.23. The topological polar surface area (TPSA) is 89.5 Å². The smallest absolute Gasteiger partial charge is 0.304 e. The van der Waals surface area contributed by atoms with Crippen molar-refractivity contribution in [1.29, 1.82) is 0 Å². The van der Waals surface area contributed by atoms with Gasteiger partial charge < -0.3 is 28.4 Å². The van der Waals surface area contributed by atoms with E-state index in [1.54, 1.807) is 7.11 Å². The summed E-state index contributed by atoms with van der Waals surface area (Å²) in [6.45, 7) is 18.5. The van der Waals surface area contributed by atoms with E-state index in [2.05, 4.69) is 40.3 Å². The molecule has 0 aromatic rings. The lowest BCUT2D eigenvalue weighted by Gasteiger charge is -2.63. The van der Waals surface area contributed by atoms with Crippen LogP contribution in [0.4, 0.5) is 0 Å². The second kappa shape index (κ2) is 14.5. The molecule has 8 nitrogen and oxygen atoms in total. The molecule has 1 saturated carbocycles. The van der Waals surface area contributed by atoms with E-state index < -0.39 is 42.1 Å². The van der Waals surface area contributed by atoms with Gasteiger partial charge in [0.15, 0.2) is 6.29 Å². The first-order valence-corrected chi connectivity index (χ1v) is 15.3. The summed E-state index contributed by atoms with van der Waals surface area (Å²) < 4.78 is 37.7. The third-order valence-corrected chi connectivity index (χ3v) is 9.53. The largest absolute Gasteiger partial charge is 0.459 e. The van der Waals surface area contributed by atoms with E-state index in [0.29, 0.717) is 19.6 Å². The molecule has 0 bridgehead atoms. The predicted octanol–water partition coefficient (Wildman–Crippen LogP) is 6.29. The molecule has 8 heteroatoms. The van der Waals surface area contributed by atoms with Crippen molar-refractivity contribution in [2.45, 2.75) is 118 Å². The van der Waals surface area contributed by atoms with E-state index in [-0.39, 0.29) is 23.4 Å². The molecule has 1 aliphatic heterocycles. The van der Waals surface area contributed by atoms with E-state index >= 15 is 0 Å². The van der Waals surface area contributed by atoms with Gasteiger partial charge in [-0.05, 0) is 49.9 Å². The van der Waals surface area contributed by atoms with Crippen molar-refractivity contribution in [1.82, 2.24) is 0 Å². The minimum Gasteiger partial charge on any atom is -0.459 e. The van der Waals surface area contributed by atoms with E-state index in [1.807, 2.05) is 19.1 Å². The van der Waals surface area contributed by atoms with Crippen LogP contribution in [0.3, 0.4) is 0 Å². The number of carbonyl (C=O) groups excluding carboxylic acids is 2. The lowest BCUT2D eigenvalue weighted by molar-refractivity contribution is -0.283. The molecule has 232 valence electrons. The van der Waals surface area contributed by atoms with Gasteiger partial charge in [0.1, 0.15) is 11.5 Å². The Balaban J connectivity index is 2.33. The van der Waals surface area contributed by atoms with Crippen molar-refractivity contribution >= 4 is 11.9 Å². The highest BCUT2D eigenvalue weighted by Gasteiger charge is 2.74. The molecule has 0 aromatic heterocycles. The monoisotopic (exact) mass is 576 g/mol. The highest BCUT2D eigenvalue weighted by molar-refractivity contribution is 5.67. The van der Waals surface area contributed by atoms with Crippen LogP contribution in [0.2, 0.25) is 0 Å². The summed E-state index contributed by atoms with van der Waals surface area (Å²) in [4.78, 5) is 25.4. The van der Waals surface area contributed by atoms with E-state index in [0.717, 1.165) is 43.3 Å². The zero-order chi connectivity index (χ0) is 30.4. The molecule has 1 spiro atoms. The number of allylic oxidation sites excluding steroid dienone is 3. The Bertz CT molecular complexity index is 988. The molecule has 41 heavy (non-hydrogen) atoms. The van der Waals surface area contributed by atoms with Gasteiger partial charge in [0.25, 0.3) is 0 Å². The highest BCUT2D eigenvalue weighted by atomic mass is 16.8. The zero-order valence-corrected chi connectivity index (χ0v) is 26.4. The fourth-order valence-corrected chi connectivity index (χ4v) is 7.10. The Labute approximate surface area is 246 Å². The molecule has 3 rings (SSSR count). The molecule has 0 aromatic carbocycles. The Kier molecular flexibility index (Phi) is 11.8. The van der Waals surface area contributed by atoms with Crippen LogP contribution in [0, 0.1) is 22.7 Å². The Morgan fingerprint density at radius 1 is 1.07 bits per heavy atom. The Hall–Kier alpha value is -2.00. The number of rotatable bonds is 14. The van der Waals surface area contributed by atoms with Gasteiger partial charge in [0.05, 0.1) is 18.8 Å². The standard InChI is InChI=1S/C33H52O8/c1-10-13-17-37-28-22(5)32(8,16-15-21(4)12-3)27-20-25(36-9)19-26-30(38-18-14-11-2)41-31(40-24(7)35)33(26,27)29(28)39-23(6)34/h12,15,19,22,25,27-31H,3,10-11,13-14,16-18,20H2,1-2,4-9H3/b21-15+/t22-,25+,27+,28-,29+,30-,31-,32-,33-/m1/s1. The van der Waals surface area contributed by atoms with Crippen molar-refractivity contribution in [3.8, 4) is 0 Å². The first kappa shape index (κ1) is 33.5. The molecular weight excluding hydrogens is 524 g/mol. The van der Waals surface area contributed by atoms with Crippen LogP contribution < -0.4 is 0 Å². The number of unbranched alkanes of at least 4 members (excludes halogenated alkanes) is 2. The van der Waals surface area contributed by atoms with Gasteiger partial charge in [0.2, 0.25) is 6.29 Å². The Morgan fingerprint density at radius 3 is 2.27 bits per heavy atom. The molecule has 9 atom stereocenters. The fourth-order valence-electron chi connectivity index (χ4n) is 7.10. The van der Waals surface area contributed by atoms with Gasteiger partial charge in [-0.3, -0.25) is 9.59 Å². The third kappa shape index (κ3) is 6.66. The maximum Gasteiger partial charge on any atom is 0.304 e. The van der Waals surface area contributed by atoms with Gasteiger partial charge >= 0.3 is 11.9 Å². The molecule has 2 aliphatic carbocycles. The number of ether oxygens (including phenoxy) is 6. The summed E-state index contributed by atoms with van der Waals surface area (Å²) in [6, 6.07) is 0. The lowest BCUT2D eigenvalue weighted by atomic mass is 9.44. The molecular formula is C33H52O8. The molecule has 0 amide bonds. The molecule has 3 aliphatic rings. The number of carbonyl (C=O) groups is 2. The van der Waals surface area contributed by atoms with Crippen molar-refractivity contribution in [2.75, 3.05) is 20.3 Å². The van der Waals surface area contributed by atoms with E-state index in [1.165, 1.54) is 13.8 Å². The number of hydrogen-bond donors (Lipinski definition) is 0. The van der Waals surface area contributed by atoms with Gasteiger partial charge in [-0.1, -0.05) is 70.9 Å². The first-order valence-electron chi connectivity index (χ1n) is 15.3. The van der Waals surface area contributed by atoms with Gasteiger partial charge in [-0.15, -0.1) is 0 Å². The van der Waals surface area contributed by atoms with E-state index in [9.17, 15) is 9.59 Å². The van der Waals surface area contributed by atoms with Crippen molar-refractivity contribution in [3.05, 3.63) is 36.0 Å². The van der Waals surface area contributed by atoms with Crippen molar-refractivity contribution in [2.24, 2.45) is 22.7 Å². The zero-order valence-electron chi connectivity index (χ0n) is 26.4. The van der Waals surface area contributed by atoms with Crippen LogP contribution in [-0.2, 0) is 38.0 Å². The third-order valence-electron chi connectivity index (χ3n) is 9.53. The number of methoxy groups -OCH3 is 1. The second-order valence-electron chi connectivity index (χ2n) is 12.1. The van der Waals surface area contributed by atoms with E-state index in [4.69, 9.17) is 28.4 Å². The second-order valence-corrected chi connectivity index (χ2v) is 12.1. The Morgan fingerprint density at radius 2 is 1.71 bits per heavy atom. The molecule has 1 saturated heterocycles. The van der Waals surface area contributed by atoms with Crippen LogP contribution in [0.15, 0.2) is 36.0 Å². The maximum atomic E-state index is 12.8. The predicted molar refractivity (Wildman–Crippen MR) is 157 cm³/mol. The first-order chi connectivity index (χ1) is 19.5. The summed E-state index contributed by atoms with van der Waals surface area (Å²) in [5.41, 5.74) is 0.472. The lowest BCUT2D eigenvalue weighted by Crippen LogP contribution is -2.69. The average molecular weight is 577 g/mol. The van der Waals surface area contributed by atoms with Gasteiger partial charge in [-0.2, -0.15) is 0 Å². The number of hydrogen-bond acceptors (Lipinski definition) is 8. The molecule has 0 radical (unpaired) electrons. The van der Waals surface area contributed by atoms with Gasteiger partial charge in [-0.25, -0.2) is 0 Å². The van der Waals surface area contributed by atoms with Crippen LogP contribution in [0.25, 0.3) is 0 Å². The molecule has 0 N–H and O–H groups in total. The normalized spacial score (nSPS) is 36.6. The minimum atomic E-state index is -1.03. The minimum absolute atomic E-state index is 0.0249. The SMILES string of the molecule is C=C/C(C)=C/C[C@]1(C)[C@H](C)[C@@H](OCCCC)[C@H](OC(C)=O)[C@@]23C(=C[C@H](OC)C[C@@H]12)[C@H](OCCCC)O[C@H]3OC(C)=O. The van der Waals surface area contributed by atoms with Crippen molar-refractivity contribution in [3.63, 3.8) is 0 Å². The van der Waals surface area contributed by atoms with Crippen LogP contribution in [0.5, 0.6) is 0 Å². The number of esters is 2. The van der Waals surface area contributed by atoms with Crippen molar-refractivity contribution < 1.29 is 38.0 Å². The fraction of sp³-hybridized carbons (Fsp3) is 0.758. The summed E-state index contributed by atoms with van der Waals surface area (Å²) in [6.07, 6.45) is 7.85. The summed E-state index contributed by atoms with van der Waals surface area (Å²) in [5, 5.41) is 0. The summed E-state index contributed by atoms with van der Waals surface area (Å²) in [7, 11) is 1.70. The van der Waals surface area contributed by atoms with Gasteiger partial charge in [0, 0.05) is 33.1 Å². The summed E-state index contributed by atoms with van der Waals surface area (Å²) in [5.74, 6) is -1.08. The van der Waals surface area contributed by atoms with Crippen LogP contribution >= 0.6 is 0 Å². The highest BCUT2D eigenvalue weighted by Crippen LogP contribution is 2.68. The van der Waals surface area contributed by atoms with Crippen LogP contribution in [0.1, 0.15) is 87.0 Å². The maximum absolute atomic E-state index is 12.8. The quantitative estimate of drug-likeness (QED) is 0.103. The van der Waals surface area contributed by atoms with Crippen LogP contribution in [-0.4, -0.2) is 63.2 Å². The molecule has 0 unspecified atom stereocenters.